The van der Waals surface area contributed by atoms with Crippen molar-refractivity contribution >= 4 is 58.0 Å². The van der Waals surface area contributed by atoms with Gasteiger partial charge in [0.25, 0.3) is 17.7 Å². The highest BCUT2D eigenvalue weighted by Crippen LogP contribution is 2.34. The molecule has 0 aliphatic carbocycles. The largest absolute Gasteiger partial charge is 0.416 e. The molecule has 4 rings (SSSR count). The fraction of sp³-hybridized carbons (Fsp3) is 0.0800. The summed E-state index contributed by atoms with van der Waals surface area (Å²) in [6.45, 7) is 1.76. The van der Waals surface area contributed by atoms with Gasteiger partial charge in [0.15, 0.2) is 0 Å². The number of rotatable bonds is 5. The van der Waals surface area contributed by atoms with E-state index in [4.69, 9.17) is 23.2 Å². The molecule has 184 valence electrons. The number of anilines is 3. The number of imide groups is 1. The van der Waals surface area contributed by atoms with Gasteiger partial charge >= 0.3 is 6.18 Å². The second-order valence-electron chi connectivity index (χ2n) is 7.77. The molecule has 0 fully saturated rings. The van der Waals surface area contributed by atoms with E-state index in [1.807, 2.05) is 0 Å². The van der Waals surface area contributed by atoms with Crippen molar-refractivity contribution in [1.82, 2.24) is 0 Å². The topological polar surface area (TPSA) is 78.5 Å². The highest BCUT2D eigenvalue weighted by Gasteiger charge is 2.39. The van der Waals surface area contributed by atoms with Gasteiger partial charge in [-0.25, -0.2) is 4.90 Å². The van der Waals surface area contributed by atoms with E-state index in [9.17, 15) is 27.6 Å². The highest BCUT2D eigenvalue weighted by atomic mass is 35.5. The molecule has 3 aromatic rings. The molecule has 2 N–H and O–H groups in total. The summed E-state index contributed by atoms with van der Waals surface area (Å²) >= 11 is 12.1. The molecule has 0 spiro atoms. The number of carbonyl (C=O) groups is 3. The number of benzene rings is 3. The molecule has 0 radical (unpaired) electrons. The summed E-state index contributed by atoms with van der Waals surface area (Å²) in [5.74, 6) is -2.01. The first-order valence-corrected chi connectivity index (χ1v) is 11.1. The van der Waals surface area contributed by atoms with Gasteiger partial charge in [-0.3, -0.25) is 14.4 Å². The Hall–Kier alpha value is -3.82. The van der Waals surface area contributed by atoms with E-state index in [-0.39, 0.29) is 27.0 Å². The highest BCUT2D eigenvalue weighted by molar-refractivity contribution is 6.53. The SMILES string of the molecule is Cc1ccccc1N1C(=O)C(Cl)=C(Nc2ccc(C(=O)Nc3cc(C(F)(F)F)ccc3Cl)cc2)C1=O. The van der Waals surface area contributed by atoms with E-state index in [0.29, 0.717) is 16.9 Å². The summed E-state index contributed by atoms with van der Waals surface area (Å²) in [6.07, 6.45) is -4.60. The smallest absolute Gasteiger partial charge is 0.350 e. The van der Waals surface area contributed by atoms with Crippen LogP contribution in [0.3, 0.4) is 0 Å². The Morgan fingerprint density at radius 3 is 2.22 bits per heavy atom. The molecule has 0 unspecified atom stereocenters. The number of hydrogen-bond donors (Lipinski definition) is 2. The average Bonchev–Trinajstić information content (AvgIpc) is 3.03. The number of para-hydroxylation sites is 1. The van der Waals surface area contributed by atoms with Crippen LogP contribution in [0, 0.1) is 6.92 Å². The molecule has 36 heavy (non-hydrogen) atoms. The van der Waals surface area contributed by atoms with Crippen molar-refractivity contribution in [1.29, 1.82) is 0 Å². The van der Waals surface area contributed by atoms with Gasteiger partial charge in [-0.2, -0.15) is 13.2 Å². The maximum absolute atomic E-state index is 13.0. The van der Waals surface area contributed by atoms with Gasteiger partial charge in [-0.15, -0.1) is 0 Å². The molecule has 0 atom stereocenters. The predicted octanol–water partition coefficient (Wildman–Crippen LogP) is 6.36. The second-order valence-corrected chi connectivity index (χ2v) is 8.56. The predicted molar refractivity (Wildman–Crippen MR) is 131 cm³/mol. The Morgan fingerprint density at radius 1 is 0.917 bits per heavy atom. The van der Waals surface area contributed by atoms with Crippen molar-refractivity contribution < 1.29 is 27.6 Å². The first-order valence-electron chi connectivity index (χ1n) is 10.4. The van der Waals surface area contributed by atoms with Crippen molar-refractivity contribution in [3.8, 4) is 0 Å². The normalized spacial score (nSPS) is 13.9. The Labute approximate surface area is 213 Å². The van der Waals surface area contributed by atoms with Crippen molar-refractivity contribution in [2.75, 3.05) is 15.5 Å². The summed E-state index contributed by atoms with van der Waals surface area (Å²) in [4.78, 5) is 39.1. The molecule has 3 amide bonds. The summed E-state index contributed by atoms with van der Waals surface area (Å²) in [5, 5.41) is 4.81. The molecule has 1 aliphatic rings. The van der Waals surface area contributed by atoms with E-state index in [2.05, 4.69) is 10.6 Å². The molecule has 11 heteroatoms. The van der Waals surface area contributed by atoms with Crippen LogP contribution in [0.5, 0.6) is 0 Å². The van der Waals surface area contributed by atoms with Crippen LogP contribution in [0.1, 0.15) is 21.5 Å². The quantitative estimate of drug-likeness (QED) is 0.374. The average molecular weight is 534 g/mol. The molecule has 1 aliphatic heterocycles. The van der Waals surface area contributed by atoms with E-state index in [1.54, 1.807) is 31.2 Å². The van der Waals surface area contributed by atoms with Crippen molar-refractivity contribution in [3.63, 3.8) is 0 Å². The Kier molecular flexibility index (Phi) is 6.79. The van der Waals surface area contributed by atoms with Crippen LogP contribution in [0.2, 0.25) is 5.02 Å². The molecule has 6 nitrogen and oxygen atoms in total. The number of amides is 3. The molecule has 0 saturated heterocycles. The summed E-state index contributed by atoms with van der Waals surface area (Å²) in [5.41, 5.74) is 0.306. The van der Waals surface area contributed by atoms with E-state index in [0.717, 1.165) is 23.1 Å². The minimum Gasteiger partial charge on any atom is -0.350 e. The maximum Gasteiger partial charge on any atom is 0.416 e. The lowest BCUT2D eigenvalue weighted by Gasteiger charge is -2.17. The third kappa shape index (κ3) is 4.93. The monoisotopic (exact) mass is 533 g/mol. The number of carbonyl (C=O) groups excluding carboxylic acids is 3. The minimum absolute atomic E-state index is 0.0566. The fourth-order valence-corrected chi connectivity index (χ4v) is 3.86. The second kappa shape index (κ2) is 9.67. The molecular weight excluding hydrogens is 518 g/mol. The lowest BCUT2D eigenvalue weighted by Crippen LogP contribution is -2.32. The van der Waals surface area contributed by atoms with E-state index >= 15 is 0 Å². The summed E-state index contributed by atoms with van der Waals surface area (Å²) < 4.78 is 38.9. The van der Waals surface area contributed by atoms with Crippen molar-refractivity contribution in [3.05, 3.63) is 99.2 Å². The number of alkyl halides is 3. The maximum atomic E-state index is 13.0. The zero-order valence-corrected chi connectivity index (χ0v) is 19.9. The molecule has 1 heterocycles. The van der Waals surface area contributed by atoms with Crippen LogP contribution in [0.4, 0.5) is 30.2 Å². The first kappa shape index (κ1) is 25.3. The first-order chi connectivity index (χ1) is 17.0. The zero-order valence-electron chi connectivity index (χ0n) is 18.4. The van der Waals surface area contributed by atoms with Gasteiger partial charge in [0.05, 0.1) is 22.0 Å². The molecular formula is C25H16Cl2F3N3O3. The van der Waals surface area contributed by atoms with Gasteiger partial charge in [0.2, 0.25) is 0 Å². The van der Waals surface area contributed by atoms with Gasteiger partial charge in [-0.1, -0.05) is 41.4 Å². The third-order valence-corrected chi connectivity index (χ3v) is 6.02. The standard InChI is InChI=1S/C25H16Cl2F3N3O3/c1-13-4-2-3-5-19(13)33-23(35)20(27)21(24(33)36)31-16-9-6-14(7-10-16)22(34)32-18-12-15(25(28,29)30)8-11-17(18)26/h2-12,31H,1H3,(H,32,34). The number of aryl methyl sites for hydroxylation is 1. The Morgan fingerprint density at radius 2 is 1.58 bits per heavy atom. The summed E-state index contributed by atoms with van der Waals surface area (Å²) in [7, 11) is 0. The molecule has 0 bridgehead atoms. The molecule has 0 saturated carbocycles. The van der Waals surface area contributed by atoms with Crippen molar-refractivity contribution in [2.24, 2.45) is 0 Å². The van der Waals surface area contributed by atoms with Gasteiger partial charge < -0.3 is 10.6 Å². The lowest BCUT2D eigenvalue weighted by molar-refractivity contribution is -0.137. The zero-order chi connectivity index (χ0) is 26.2. The number of halogens is 5. The van der Waals surface area contributed by atoms with Crippen LogP contribution >= 0.6 is 23.2 Å². The van der Waals surface area contributed by atoms with Crippen LogP contribution in [0.25, 0.3) is 0 Å². The third-order valence-electron chi connectivity index (χ3n) is 5.34. The Bertz CT molecular complexity index is 1420. The van der Waals surface area contributed by atoms with E-state index < -0.39 is 29.5 Å². The summed E-state index contributed by atoms with van der Waals surface area (Å²) in [6, 6.07) is 15.1. The number of nitrogens with zero attached hydrogens (tertiary/aromatic N) is 1. The minimum atomic E-state index is -4.60. The molecule has 0 aromatic heterocycles. The fourth-order valence-electron chi connectivity index (χ4n) is 3.49. The van der Waals surface area contributed by atoms with Gasteiger partial charge in [-0.05, 0) is 61.0 Å². The molecule has 3 aromatic carbocycles. The van der Waals surface area contributed by atoms with Gasteiger partial charge in [0.1, 0.15) is 10.7 Å². The van der Waals surface area contributed by atoms with Crippen molar-refractivity contribution in [2.45, 2.75) is 13.1 Å². The van der Waals surface area contributed by atoms with E-state index in [1.165, 1.54) is 24.3 Å². The Balaban J connectivity index is 1.50. The lowest BCUT2D eigenvalue weighted by atomic mass is 10.1. The number of hydrogen-bond acceptors (Lipinski definition) is 4. The van der Waals surface area contributed by atoms with Crippen LogP contribution < -0.4 is 15.5 Å². The van der Waals surface area contributed by atoms with Gasteiger partial charge in [0, 0.05) is 11.3 Å². The van der Waals surface area contributed by atoms with Crippen LogP contribution in [-0.2, 0) is 15.8 Å². The van der Waals surface area contributed by atoms with Crippen LogP contribution in [0.15, 0.2) is 77.5 Å². The van der Waals surface area contributed by atoms with Crippen LogP contribution in [-0.4, -0.2) is 17.7 Å². The number of nitrogens with one attached hydrogen (secondary N) is 2.